The van der Waals surface area contributed by atoms with Crippen molar-refractivity contribution >= 4 is 22.7 Å². The van der Waals surface area contributed by atoms with Crippen molar-refractivity contribution in [1.82, 2.24) is 0 Å². The van der Waals surface area contributed by atoms with Crippen molar-refractivity contribution in [1.29, 1.82) is 0 Å². The standard InChI is InChI=1S/C68H126S2/c1-5-9-12-15-18-21-24-26-28-30-32-34-36-39-41-44-47-50-54-63-59-67(69-61-63)65(8-4)57-53-58-66(56-52-49-46-43-38-23-20-17-14-11-7-3)68-60-64(62-70-68)55-51-48-45-42-40-37-35-33-31-29-27-25-22-19-16-13-10-6-2/h59-62,65-66H,5-58H2,1-4H3. The summed E-state index contributed by atoms with van der Waals surface area (Å²) in [5.41, 5.74) is 3.28. The molecular formula is C68H126S2. The maximum atomic E-state index is 2.67. The number of hydrogen-bond donors (Lipinski definition) is 0. The Kier molecular flexibility index (Phi) is 48.5. The predicted octanol–water partition coefficient (Wildman–Crippen LogP) is 26.1. The zero-order valence-electron chi connectivity index (χ0n) is 48.5. The van der Waals surface area contributed by atoms with Crippen LogP contribution in [0, 0.1) is 0 Å². The highest BCUT2D eigenvalue weighted by Gasteiger charge is 2.17. The Labute approximate surface area is 450 Å². The van der Waals surface area contributed by atoms with E-state index in [-0.39, 0.29) is 0 Å². The van der Waals surface area contributed by atoms with E-state index in [1.165, 1.54) is 347 Å². The normalized spacial score (nSPS) is 12.7. The molecule has 2 aromatic heterocycles. The van der Waals surface area contributed by atoms with Gasteiger partial charge in [-0.1, -0.05) is 323 Å². The van der Waals surface area contributed by atoms with Gasteiger partial charge >= 0.3 is 0 Å². The largest absolute Gasteiger partial charge is 0.148 e. The number of aryl methyl sites for hydroxylation is 2. The first-order chi connectivity index (χ1) is 34.7. The van der Waals surface area contributed by atoms with Crippen molar-refractivity contribution in [3.05, 3.63) is 43.8 Å². The molecule has 2 aromatic rings. The smallest absolute Gasteiger partial charge is 0.00790 e. The van der Waals surface area contributed by atoms with Gasteiger partial charge in [-0.05, 0) is 97.2 Å². The van der Waals surface area contributed by atoms with Gasteiger partial charge in [0.1, 0.15) is 0 Å². The summed E-state index contributed by atoms with van der Waals surface area (Å²) >= 11 is 4.20. The third-order valence-electron chi connectivity index (χ3n) is 16.5. The fraction of sp³-hybridized carbons (Fsp3) is 0.882. The molecule has 2 unspecified atom stereocenters. The zero-order chi connectivity index (χ0) is 49.9. The van der Waals surface area contributed by atoms with Crippen LogP contribution in [-0.4, -0.2) is 0 Å². The summed E-state index contributed by atoms with van der Waals surface area (Å²) in [4.78, 5) is 3.41. The van der Waals surface area contributed by atoms with Crippen molar-refractivity contribution in [2.45, 2.75) is 386 Å². The summed E-state index contributed by atoms with van der Waals surface area (Å²) in [7, 11) is 0. The molecule has 2 rings (SSSR count). The first-order valence-corrected chi connectivity index (χ1v) is 34.6. The number of unbranched alkanes of at least 4 members (excludes halogenated alkanes) is 44. The highest BCUT2D eigenvalue weighted by atomic mass is 32.1. The second-order valence-electron chi connectivity index (χ2n) is 23.3. The van der Waals surface area contributed by atoms with Gasteiger partial charge in [-0.15, -0.1) is 22.7 Å². The van der Waals surface area contributed by atoms with E-state index in [0.29, 0.717) is 0 Å². The first kappa shape index (κ1) is 65.5. The SMILES string of the molecule is CCCCCCCCCCCCCCCCCCCCc1csc(C(CC)CCCC(CCCCCCCCCCCCC)c2cc(CCCCCCCCCCCCCCCCCCCC)cs2)c1. The highest BCUT2D eigenvalue weighted by Crippen LogP contribution is 2.37. The lowest BCUT2D eigenvalue weighted by molar-refractivity contribution is 0.478. The Morgan fingerprint density at radius 1 is 0.257 bits per heavy atom. The maximum absolute atomic E-state index is 2.67. The Bertz CT molecular complexity index is 1290. The molecule has 410 valence electrons. The van der Waals surface area contributed by atoms with Crippen LogP contribution < -0.4 is 0 Å². The Morgan fingerprint density at radius 2 is 0.486 bits per heavy atom. The van der Waals surface area contributed by atoms with Crippen LogP contribution in [0.25, 0.3) is 0 Å². The van der Waals surface area contributed by atoms with Crippen molar-refractivity contribution in [2.75, 3.05) is 0 Å². The van der Waals surface area contributed by atoms with Crippen LogP contribution in [0.5, 0.6) is 0 Å². The predicted molar refractivity (Wildman–Crippen MR) is 324 cm³/mol. The lowest BCUT2D eigenvalue weighted by Crippen LogP contribution is -2.01. The summed E-state index contributed by atoms with van der Waals surface area (Å²) in [5, 5.41) is 5.08. The Morgan fingerprint density at radius 3 is 0.771 bits per heavy atom. The molecule has 2 atom stereocenters. The number of hydrogen-bond acceptors (Lipinski definition) is 2. The first-order valence-electron chi connectivity index (χ1n) is 32.9. The molecule has 0 N–H and O–H groups in total. The molecule has 0 bridgehead atoms. The molecule has 2 heteroatoms. The van der Waals surface area contributed by atoms with Gasteiger partial charge in [0.15, 0.2) is 0 Å². The van der Waals surface area contributed by atoms with Gasteiger partial charge in [0.05, 0.1) is 0 Å². The minimum Gasteiger partial charge on any atom is -0.148 e. The van der Waals surface area contributed by atoms with Crippen LogP contribution in [0.15, 0.2) is 22.9 Å². The van der Waals surface area contributed by atoms with E-state index in [2.05, 4.69) is 73.3 Å². The van der Waals surface area contributed by atoms with Crippen LogP contribution in [0.2, 0.25) is 0 Å². The van der Waals surface area contributed by atoms with Gasteiger partial charge in [-0.25, -0.2) is 0 Å². The van der Waals surface area contributed by atoms with Crippen LogP contribution in [0.1, 0.15) is 394 Å². The molecule has 0 spiro atoms. The zero-order valence-corrected chi connectivity index (χ0v) is 50.1. The summed E-state index contributed by atoms with van der Waals surface area (Å²) in [6.45, 7) is 9.42. The lowest BCUT2D eigenvalue weighted by atomic mass is 9.89. The van der Waals surface area contributed by atoms with Gasteiger partial charge in [0.25, 0.3) is 0 Å². The van der Waals surface area contributed by atoms with Crippen LogP contribution in [0.3, 0.4) is 0 Å². The number of thiophene rings is 2. The molecule has 0 nitrogen and oxygen atoms in total. The summed E-state index contributed by atoms with van der Waals surface area (Å²) in [5.74, 6) is 1.53. The van der Waals surface area contributed by atoms with Crippen LogP contribution >= 0.6 is 22.7 Å². The van der Waals surface area contributed by atoms with E-state index in [1.54, 1.807) is 20.9 Å². The van der Waals surface area contributed by atoms with Crippen LogP contribution in [0.4, 0.5) is 0 Å². The molecule has 0 aliphatic carbocycles. The van der Waals surface area contributed by atoms with Gasteiger partial charge in [0.2, 0.25) is 0 Å². The van der Waals surface area contributed by atoms with E-state index in [9.17, 15) is 0 Å². The topological polar surface area (TPSA) is 0 Å². The van der Waals surface area contributed by atoms with Gasteiger partial charge in [0, 0.05) is 9.75 Å². The summed E-state index contributed by atoms with van der Waals surface area (Å²) in [6, 6.07) is 5.30. The van der Waals surface area contributed by atoms with Gasteiger partial charge in [-0.2, -0.15) is 0 Å². The van der Waals surface area contributed by atoms with E-state index >= 15 is 0 Å². The maximum Gasteiger partial charge on any atom is 0.00790 e. The minimum absolute atomic E-state index is 0.755. The van der Waals surface area contributed by atoms with E-state index in [0.717, 1.165) is 11.8 Å². The highest BCUT2D eigenvalue weighted by molar-refractivity contribution is 7.10. The van der Waals surface area contributed by atoms with Crippen LogP contribution in [-0.2, 0) is 12.8 Å². The van der Waals surface area contributed by atoms with Crippen molar-refractivity contribution in [3.8, 4) is 0 Å². The molecule has 0 aromatic carbocycles. The average molecular weight is 1010 g/mol. The molecule has 0 fully saturated rings. The minimum atomic E-state index is 0.755. The fourth-order valence-corrected chi connectivity index (χ4v) is 13.9. The van der Waals surface area contributed by atoms with E-state index in [4.69, 9.17) is 0 Å². The molecule has 0 saturated carbocycles. The lowest BCUT2D eigenvalue weighted by Gasteiger charge is -2.18. The Balaban J connectivity index is 1.63. The third-order valence-corrected chi connectivity index (χ3v) is 18.8. The summed E-state index contributed by atoms with van der Waals surface area (Å²) in [6.07, 6.45) is 77.8. The molecule has 0 amide bonds. The molecule has 0 radical (unpaired) electrons. The van der Waals surface area contributed by atoms with Gasteiger partial charge in [-0.3, -0.25) is 0 Å². The quantitative estimate of drug-likeness (QED) is 0.0580. The second kappa shape index (κ2) is 51.9. The fourth-order valence-electron chi connectivity index (χ4n) is 11.6. The molecule has 0 aliphatic heterocycles. The third kappa shape index (κ3) is 39.8. The molecular weight excluding hydrogens is 881 g/mol. The summed E-state index contributed by atoms with van der Waals surface area (Å²) < 4.78 is 0. The molecule has 0 saturated heterocycles. The monoisotopic (exact) mass is 1010 g/mol. The molecule has 2 heterocycles. The van der Waals surface area contributed by atoms with E-state index < -0.39 is 0 Å². The van der Waals surface area contributed by atoms with Crippen molar-refractivity contribution in [3.63, 3.8) is 0 Å². The van der Waals surface area contributed by atoms with Crippen molar-refractivity contribution < 1.29 is 0 Å². The van der Waals surface area contributed by atoms with Gasteiger partial charge < -0.3 is 0 Å². The second-order valence-corrected chi connectivity index (χ2v) is 25.2. The average Bonchev–Trinajstić information content (AvgIpc) is 4.06. The van der Waals surface area contributed by atoms with Crippen molar-refractivity contribution in [2.24, 2.45) is 0 Å². The molecule has 0 aliphatic rings. The Hall–Kier alpha value is -0.600. The van der Waals surface area contributed by atoms with E-state index in [1.807, 2.05) is 0 Å². The molecule has 70 heavy (non-hydrogen) atoms. The number of rotatable bonds is 57.